The van der Waals surface area contributed by atoms with Crippen molar-refractivity contribution < 1.29 is 5.11 Å². The standard InChI is InChI=1S/C13H18N4O.2ClH/c18-10-9-16-5-7-17(8-6-16)13-11-3-1-2-4-12(11)14-15-13;;/h1-4,18H,5-10H2,(H,14,15);2*1H. The van der Waals surface area contributed by atoms with Crippen LogP contribution >= 0.6 is 24.8 Å². The maximum absolute atomic E-state index is 8.94. The number of piperazine rings is 1. The van der Waals surface area contributed by atoms with E-state index in [2.05, 4.69) is 26.1 Å². The number of aliphatic hydroxyl groups excluding tert-OH is 1. The highest BCUT2D eigenvalue weighted by atomic mass is 35.5. The van der Waals surface area contributed by atoms with E-state index in [1.54, 1.807) is 0 Å². The first kappa shape index (κ1) is 17.0. The minimum Gasteiger partial charge on any atom is -0.395 e. The number of fused-ring (bicyclic) bond motifs is 1. The van der Waals surface area contributed by atoms with Gasteiger partial charge in [-0.3, -0.25) is 10.00 Å². The first-order chi connectivity index (χ1) is 8.88. The molecule has 1 aromatic heterocycles. The lowest BCUT2D eigenvalue weighted by Gasteiger charge is -2.34. The quantitative estimate of drug-likeness (QED) is 0.901. The highest BCUT2D eigenvalue weighted by Gasteiger charge is 2.19. The summed E-state index contributed by atoms with van der Waals surface area (Å²) in [6.07, 6.45) is 0. The van der Waals surface area contributed by atoms with Crippen LogP contribution in [-0.2, 0) is 0 Å². The average molecular weight is 319 g/mol. The molecule has 1 aromatic carbocycles. The summed E-state index contributed by atoms with van der Waals surface area (Å²) in [4.78, 5) is 4.60. The number of aromatic amines is 1. The zero-order valence-corrected chi connectivity index (χ0v) is 12.8. The fourth-order valence-corrected chi connectivity index (χ4v) is 2.51. The number of aromatic nitrogens is 2. The Labute approximate surface area is 130 Å². The first-order valence-corrected chi connectivity index (χ1v) is 6.40. The normalized spacial score (nSPS) is 15.8. The highest BCUT2D eigenvalue weighted by molar-refractivity contribution is 5.90. The van der Waals surface area contributed by atoms with Crippen molar-refractivity contribution in [2.75, 3.05) is 44.2 Å². The fraction of sp³-hybridized carbons (Fsp3) is 0.462. The summed E-state index contributed by atoms with van der Waals surface area (Å²) >= 11 is 0. The van der Waals surface area contributed by atoms with Gasteiger partial charge in [0.1, 0.15) is 0 Å². The Hall–Kier alpha value is -1.01. The van der Waals surface area contributed by atoms with Crippen molar-refractivity contribution in [3.8, 4) is 0 Å². The molecule has 1 fully saturated rings. The molecule has 20 heavy (non-hydrogen) atoms. The number of nitrogens with zero attached hydrogens (tertiary/aromatic N) is 3. The van der Waals surface area contributed by atoms with E-state index in [1.807, 2.05) is 18.2 Å². The van der Waals surface area contributed by atoms with Gasteiger partial charge in [-0.15, -0.1) is 24.8 Å². The van der Waals surface area contributed by atoms with Crippen molar-refractivity contribution in [1.29, 1.82) is 0 Å². The van der Waals surface area contributed by atoms with Crippen LogP contribution < -0.4 is 4.90 Å². The molecule has 2 aromatic rings. The highest BCUT2D eigenvalue weighted by Crippen LogP contribution is 2.24. The molecule has 112 valence electrons. The van der Waals surface area contributed by atoms with Crippen LogP contribution in [0.1, 0.15) is 0 Å². The lowest BCUT2D eigenvalue weighted by atomic mass is 10.2. The van der Waals surface area contributed by atoms with E-state index in [9.17, 15) is 0 Å². The van der Waals surface area contributed by atoms with Crippen LogP contribution in [0.25, 0.3) is 10.9 Å². The Bertz CT molecular complexity index is 526. The number of anilines is 1. The molecule has 1 aliphatic rings. The van der Waals surface area contributed by atoms with Crippen LogP contribution in [0.4, 0.5) is 5.82 Å². The Balaban J connectivity index is 0.000001000. The van der Waals surface area contributed by atoms with E-state index >= 15 is 0 Å². The molecule has 1 saturated heterocycles. The van der Waals surface area contributed by atoms with Crippen LogP contribution in [0, 0.1) is 0 Å². The summed E-state index contributed by atoms with van der Waals surface area (Å²) in [7, 11) is 0. The number of rotatable bonds is 3. The molecule has 0 radical (unpaired) electrons. The van der Waals surface area contributed by atoms with Crippen molar-refractivity contribution in [2.45, 2.75) is 0 Å². The molecular formula is C13H20Cl2N4O. The minimum absolute atomic E-state index is 0. The minimum atomic E-state index is 0. The summed E-state index contributed by atoms with van der Waals surface area (Å²) in [6, 6.07) is 8.22. The zero-order chi connectivity index (χ0) is 12.4. The molecule has 5 nitrogen and oxygen atoms in total. The van der Waals surface area contributed by atoms with Crippen molar-refractivity contribution in [3.05, 3.63) is 24.3 Å². The van der Waals surface area contributed by atoms with Crippen LogP contribution in [0.2, 0.25) is 0 Å². The fourth-order valence-electron chi connectivity index (χ4n) is 2.51. The number of hydrogen-bond acceptors (Lipinski definition) is 4. The number of hydrogen-bond donors (Lipinski definition) is 2. The largest absolute Gasteiger partial charge is 0.395 e. The van der Waals surface area contributed by atoms with E-state index in [0.29, 0.717) is 0 Å². The molecule has 0 aliphatic carbocycles. The third kappa shape index (κ3) is 3.35. The van der Waals surface area contributed by atoms with E-state index in [4.69, 9.17) is 5.11 Å². The van der Waals surface area contributed by atoms with Gasteiger partial charge in [-0.25, -0.2) is 0 Å². The third-order valence-corrected chi connectivity index (χ3v) is 3.54. The van der Waals surface area contributed by atoms with E-state index in [1.165, 1.54) is 5.39 Å². The maximum Gasteiger partial charge on any atom is 0.158 e. The molecule has 0 atom stereocenters. The summed E-state index contributed by atoms with van der Waals surface area (Å²) in [5.41, 5.74) is 1.09. The number of halogens is 2. The average Bonchev–Trinajstić information content (AvgIpc) is 2.84. The van der Waals surface area contributed by atoms with Gasteiger partial charge in [-0.2, -0.15) is 5.10 Å². The van der Waals surface area contributed by atoms with E-state index < -0.39 is 0 Å². The maximum atomic E-state index is 8.94. The van der Waals surface area contributed by atoms with Crippen molar-refractivity contribution >= 4 is 41.5 Å². The Morgan fingerprint density at radius 1 is 1.10 bits per heavy atom. The van der Waals surface area contributed by atoms with Crippen LogP contribution in [0.5, 0.6) is 0 Å². The summed E-state index contributed by atoms with van der Waals surface area (Å²) in [6.45, 7) is 4.92. The van der Waals surface area contributed by atoms with Crippen LogP contribution in [0.3, 0.4) is 0 Å². The van der Waals surface area contributed by atoms with Crippen molar-refractivity contribution in [2.24, 2.45) is 0 Å². The van der Waals surface area contributed by atoms with E-state index in [-0.39, 0.29) is 31.4 Å². The van der Waals surface area contributed by atoms with Gasteiger partial charge in [0.25, 0.3) is 0 Å². The predicted octanol–water partition coefficient (Wildman–Crippen LogP) is 1.52. The Kier molecular flexibility index (Phi) is 6.55. The van der Waals surface area contributed by atoms with Crippen molar-refractivity contribution in [3.63, 3.8) is 0 Å². The molecule has 7 heteroatoms. The summed E-state index contributed by atoms with van der Waals surface area (Å²) < 4.78 is 0. The van der Waals surface area contributed by atoms with E-state index in [0.717, 1.165) is 44.1 Å². The Morgan fingerprint density at radius 2 is 1.80 bits per heavy atom. The van der Waals surface area contributed by atoms with Gasteiger partial charge in [-0.1, -0.05) is 12.1 Å². The number of nitrogens with one attached hydrogen (secondary N) is 1. The number of aliphatic hydroxyl groups is 1. The molecule has 1 aliphatic heterocycles. The molecular weight excluding hydrogens is 299 g/mol. The SMILES string of the molecule is Cl.Cl.OCCN1CCN(c2n[nH]c3ccccc23)CC1. The molecule has 2 N–H and O–H groups in total. The Morgan fingerprint density at radius 3 is 2.50 bits per heavy atom. The molecule has 0 saturated carbocycles. The second-order valence-corrected chi connectivity index (χ2v) is 4.65. The second-order valence-electron chi connectivity index (χ2n) is 4.65. The zero-order valence-electron chi connectivity index (χ0n) is 11.2. The molecule has 0 bridgehead atoms. The van der Waals surface area contributed by atoms with Crippen LogP contribution in [-0.4, -0.2) is 59.5 Å². The molecule has 0 unspecified atom stereocenters. The van der Waals surface area contributed by atoms with Gasteiger partial charge in [0.15, 0.2) is 5.82 Å². The molecule has 0 spiro atoms. The van der Waals surface area contributed by atoms with Gasteiger partial charge in [0, 0.05) is 38.1 Å². The topological polar surface area (TPSA) is 55.4 Å². The smallest absolute Gasteiger partial charge is 0.158 e. The molecule has 0 amide bonds. The lowest BCUT2D eigenvalue weighted by molar-refractivity contribution is 0.188. The number of benzene rings is 1. The van der Waals surface area contributed by atoms with Gasteiger partial charge >= 0.3 is 0 Å². The predicted molar refractivity (Wildman–Crippen MR) is 86.3 cm³/mol. The lowest BCUT2D eigenvalue weighted by Crippen LogP contribution is -2.47. The first-order valence-electron chi connectivity index (χ1n) is 6.40. The molecule has 3 rings (SSSR count). The molecule has 2 heterocycles. The summed E-state index contributed by atoms with van der Waals surface area (Å²) in [5, 5.41) is 17.6. The van der Waals surface area contributed by atoms with Gasteiger partial charge < -0.3 is 10.0 Å². The second kappa shape index (κ2) is 7.69. The number of β-amino-alcohol motifs (C(OH)–C–C–N with tert-alkyl or cyclic N) is 1. The van der Waals surface area contributed by atoms with Gasteiger partial charge in [0.05, 0.1) is 12.1 Å². The monoisotopic (exact) mass is 318 g/mol. The van der Waals surface area contributed by atoms with Gasteiger partial charge in [-0.05, 0) is 12.1 Å². The van der Waals surface area contributed by atoms with Gasteiger partial charge in [0.2, 0.25) is 0 Å². The third-order valence-electron chi connectivity index (χ3n) is 3.54. The van der Waals surface area contributed by atoms with Crippen LogP contribution in [0.15, 0.2) is 24.3 Å². The number of H-pyrrole nitrogens is 1. The number of para-hydroxylation sites is 1. The van der Waals surface area contributed by atoms with Crippen molar-refractivity contribution in [1.82, 2.24) is 15.1 Å². The summed E-state index contributed by atoms with van der Waals surface area (Å²) in [5.74, 6) is 1.05.